The molecular weight excluding hydrogens is 451 g/mol. The first-order valence-corrected chi connectivity index (χ1v) is 9.82. The lowest BCUT2D eigenvalue weighted by Crippen LogP contribution is -2.45. The van der Waals surface area contributed by atoms with Gasteiger partial charge in [0.2, 0.25) is 0 Å². The number of ether oxygens (including phenoxy) is 1. The van der Waals surface area contributed by atoms with Gasteiger partial charge in [-0.15, -0.1) is 24.0 Å². The second kappa shape index (κ2) is 12.4. The number of methoxy groups -OCH3 is 1. The number of nitrogens with one attached hydrogen (secondary N) is 2. The smallest absolute Gasteiger partial charge is 0.191 e. The highest BCUT2D eigenvalue weighted by Crippen LogP contribution is 2.20. The first-order chi connectivity index (χ1) is 12.5. The van der Waals surface area contributed by atoms with Crippen molar-refractivity contribution in [3.63, 3.8) is 0 Å². The van der Waals surface area contributed by atoms with Gasteiger partial charge in [-0.2, -0.15) is 0 Å². The van der Waals surface area contributed by atoms with Crippen LogP contribution in [0.25, 0.3) is 0 Å². The minimum atomic E-state index is 0. The summed E-state index contributed by atoms with van der Waals surface area (Å²) in [4.78, 5) is 6.97. The summed E-state index contributed by atoms with van der Waals surface area (Å²) in [5.41, 5.74) is 2.35. The van der Waals surface area contributed by atoms with Crippen molar-refractivity contribution >= 4 is 29.9 Å². The van der Waals surface area contributed by atoms with Gasteiger partial charge < -0.3 is 20.3 Å². The van der Waals surface area contributed by atoms with Crippen molar-refractivity contribution in [1.29, 1.82) is 0 Å². The van der Waals surface area contributed by atoms with Gasteiger partial charge in [-0.1, -0.05) is 26.0 Å². The van der Waals surface area contributed by atoms with E-state index in [4.69, 9.17) is 4.74 Å². The number of guanidine groups is 1. The Labute approximate surface area is 182 Å². The van der Waals surface area contributed by atoms with Gasteiger partial charge in [-0.05, 0) is 49.8 Å². The van der Waals surface area contributed by atoms with Crippen LogP contribution in [0, 0.1) is 18.8 Å². The van der Waals surface area contributed by atoms with Crippen LogP contribution >= 0.6 is 24.0 Å². The van der Waals surface area contributed by atoms with E-state index in [2.05, 4.69) is 59.5 Å². The molecule has 154 valence electrons. The lowest BCUT2D eigenvalue weighted by Gasteiger charge is -2.34. The Bertz CT molecular complexity index is 592. The summed E-state index contributed by atoms with van der Waals surface area (Å²) in [5, 5.41) is 6.91. The van der Waals surface area contributed by atoms with Gasteiger partial charge in [-0.3, -0.25) is 4.99 Å². The van der Waals surface area contributed by atoms with Gasteiger partial charge in [0.15, 0.2) is 5.96 Å². The number of halogens is 1. The van der Waals surface area contributed by atoms with Gasteiger partial charge in [0.25, 0.3) is 0 Å². The topological polar surface area (TPSA) is 48.9 Å². The molecule has 1 aliphatic rings. The van der Waals surface area contributed by atoms with Crippen molar-refractivity contribution < 1.29 is 4.74 Å². The minimum Gasteiger partial charge on any atom is -0.496 e. The van der Waals surface area contributed by atoms with Crippen LogP contribution in [0.5, 0.6) is 5.75 Å². The third kappa shape index (κ3) is 8.25. The van der Waals surface area contributed by atoms with Crippen LogP contribution in [-0.2, 0) is 6.54 Å². The van der Waals surface area contributed by atoms with Crippen LogP contribution in [0.2, 0.25) is 0 Å². The number of nitrogens with zero attached hydrogens (tertiary/aromatic N) is 2. The minimum absolute atomic E-state index is 0. The van der Waals surface area contributed by atoms with Crippen molar-refractivity contribution in [2.24, 2.45) is 16.8 Å². The number of hydrogen-bond acceptors (Lipinski definition) is 3. The van der Waals surface area contributed by atoms with Crippen LogP contribution in [0.15, 0.2) is 23.2 Å². The normalized spacial score (nSPS) is 18.1. The highest BCUT2D eigenvalue weighted by molar-refractivity contribution is 14.0. The average molecular weight is 488 g/mol. The molecular formula is C21H37IN4O. The van der Waals surface area contributed by atoms with E-state index in [-0.39, 0.29) is 24.0 Å². The molecule has 6 heteroatoms. The number of aryl methyl sites for hydroxylation is 1. The number of piperidine rings is 1. The molecule has 1 heterocycles. The lowest BCUT2D eigenvalue weighted by atomic mass is 9.97. The second-order valence-electron chi connectivity index (χ2n) is 7.78. The molecule has 1 aromatic rings. The van der Waals surface area contributed by atoms with Crippen LogP contribution in [0.4, 0.5) is 0 Å². The Balaban J connectivity index is 0.00000364. The van der Waals surface area contributed by atoms with Crippen LogP contribution in [-0.4, -0.2) is 51.2 Å². The summed E-state index contributed by atoms with van der Waals surface area (Å²) in [7, 11) is 3.55. The van der Waals surface area contributed by atoms with Crippen LogP contribution in [0.1, 0.15) is 37.8 Å². The number of rotatable bonds is 7. The largest absolute Gasteiger partial charge is 0.496 e. The summed E-state index contributed by atoms with van der Waals surface area (Å²) in [5.74, 6) is 3.20. The number of aliphatic imine (C=N–C) groups is 1. The van der Waals surface area contributed by atoms with Crippen LogP contribution < -0.4 is 15.4 Å². The molecule has 1 atom stereocenters. The first-order valence-electron chi connectivity index (χ1n) is 9.82. The Morgan fingerprint density at radius 2 is 2.11 bits per heavy atom. The molecule has 1 fully saturated rings. The predicted molar refractivity (Wildman–Crippen MR) is 125 cm³/mol. The van der Waals surface area contributed by atoms with Crippen molar-refractivity contribution in [1.82, 2.24) is 15.5 Å². The Kier molecular flexibility index (Phi) is 11.1. The Morgan fingerprint density at radius 1 is 1.33 bits per heavy atom. The van der Waals surface area contributed by atoms with Crippen molar-refractivity contribution in [2.45, 2.75) is 40.2 Å². The maximum absolute atomic E-state index is 5.48. The zero-order valence-electron chi connectivity index (χ0n) is 17.5. The van der Waals surface area contributed by atoms with E-state index >= 15 is 0 Å². The fourth-order valence-corrected chi connectivity index (χ4v) is 3.64. The van der Waals surface area contributed by atoms with E-state index in [0.29, 0.717) is 12.5 Å². The van der Waals surface area contributed by atoms with Crippen molar-refractivity contribution in [2.75, 3.05) is 40.3 Å². The zero-order valence-corrected chi connectivity index (χ0v) is 19.9. The molecule has 0 spiro atoms. The highest BCUT2D eigenvalue weighted by atomic mass is 127. The molecule has 0 aromatic heterocycles. The molecule has 5 nitrogen and oxygen atoms in total. The lowest BCUT2D eigenvalue weighted by molar-refractivity contribution is 0.159. The quantitative estimate of drug-likeness (QED) is 0.350. The number of hydrogen-bond donors (Lipinski definition) is 2. The van der Waals surface area contributed by atoms with Gasteiger partial charge in [0, 0.05) is 38.8 Å². The molecule has 0 saturated carbocycles. The third-order valence-corrected chi connectivity index (χ3v) is 4.90. The number of benzene rings is 1. The molecule has 1 aliphatic heterocycles. The molecule has 1 saturated heterocycles. The molecule has 27 heavy (non-hydrogen) atoms. The van der Waals surface area contributed by atoms with Gasteiger partial charge in [0.05, 0.1) is 7.11 Å². The van der Waals surface area contributed by atoms with Crippen molar-refractivity contribution in [3.05, 3.63) is 29.3 Å². The second-order valence-corrected chi connectivity index (χ2v) is 7.78. The average Bonchev–Trinajstić information content (AvgIpc) is 2.62. The maximum Gasteiger partial charge on any atom is 0.191 e. The highest BCUT2D eigenvalue weighted by Gasteiger charge is 2.20. The summed E-state index contributed by atoms with van der Waals surface area (Å²) < 4.78 is 5.48. The molecule has 0 amide bonds. The van der Waals surface area contributed by atoms with E-state index in [9.17, 15) is 0 Å². The summed E-state index contributed by atoms with van der Waals surface area (Å²) >= 11 is 0. The summed E-state index contributed by atoms with van der Waals surface area (Å²) in [6.45, 7) is 12.0. The molecule has 0 radical (unpaired) electrons. The molecule has 2 N–H and O–H groups in total. The third-order valence-electron chi connectivity index (χ3n) is 4.90. The maximum atomic E-state index is 5.48. The summed E-state index contributed by atoms with van der Waals surface area (Å²) in [6, 6.07) is 6.29. The van der Waals surface area contributed by atoms with Crippen LogP contribution in [0.3, 0.4) is 0 Å². The fraction of sp³-hybridized carbons (Fsp3) is 0.667. The zero-order chi connectivity index (χ0) is 18.9. The Morgan fingerprint density at radius 3 is 2.78 bits per heavy atom. The summed E-state index contributed by atoms with van der Waals surface area (Å²) in [6.07, 6.45) is 2.59. The van der Waals surface area contributed by atoms with Gasteiger partial charge in [-0.25, -0.2) is 0 Å². The monoisotopic (exact) mass is 488 g/mol. The van der Waals surface area contributed by atoms with E-state index in [1.165, 1.54) is 38.0 Å². The van der Waals surface area contributed by atoms with E-state index < -0.39 is 0 Å². The van der Waals surface area contributed by atoms with Crippen molar-refractivity contribution in [3.8, 4) is 5.75 Å². The molecule has 0 aliphatic carbocycles. The molecule has 2 rings (SSSR count). The van der Waals surface area contributed by atoms with E-state index in [0.717, 1.165) is 29.7 Å². The van der Waals surface area contributed by atoms with Gasteiger partial charge in [0.1, 0.15) is 5.75 Å². The van der Waals surface area contributed by atoms with Gasteiger partial charge >= 0.3 is 0 Å². The van der Waals surface area contributed by atoms with E-state index in [1.807, 2.05) is 7.05 Å². The molecule has 1 unspecified atom stereocenters. The fourth-order valence-electron chi connectivity index (χ4n) is 3.64. The Hall–Kier alpha value is -1.02. The number of likely N-dealkylation sites (tertiary alicyclic amines) is 1. The van der Waals surface area contributed by atoms with E-state index in [1.54, 1.807) is 7.11 Å². The SMILES string of the molecule is CN=C(NCc1ccc(C)cc1OC)NCC1CCCN(CC(C)C)C1.I. The molecule has 1 aromatic carbocycles. The predicted octanol–water partition coefficient (Wildman–Crippen LogP) is 3.65. The standard InChI is InChI=1S/C21H36N4O.HI/c1-16(2)14-25-10-6-7-18(15-25)12-23-21(22-4)24-13-19-9-8-17(3)11-20(19)26-5;/h8-9,11,16,18H,6-7,10,12-15H2,1-5H3,(H2,22,23,24);1H. The molecule has 0 bridgehead atoms. The first kappa shape index (κ1) is 24.0.